The van der Waals surface area contributed by atoms with E-state index in [1.807, 2.05) is 25.1 Å². The number of hydrogen-bond acceptors (Lipinski definition) is 5. The molecule has 5 nitrogen and oxygen atoms in total. The van der Waals surface area contributed by atoms with Crippen molar-refractivity contribution in [2.24, 2.45) is 0 Å². The minimum absolute atomic E-state index is 0.237. The first-order valence-corrected chi connectivity index (χ1v) is 7.66. The Hall–Kier alpha value is -3.02. The molecule has 0 aliphatic rings. The van der Waals surface area contributed by atoms with Gasteiger partial charge in [-0.05, 0) is 42.3 Å². The zero-order chi connectivity index (χ0) is 16.8. The van der Waals surface area contributed by atoms with Gasteiger partial charge >= 0.3 is 0 Å². The number of pyridine rings is 1. The maximum absolute atomic E-state index is 12.9. The molecule has 1 aromatic carbocycles. The van der Waals surface area contributed by atoms with Gasteiger partial charge in [-0.2, -0.15) is 4.98 Å². The van der Waals surface area contributed by atoms with Crippen molar-refractivity contribution in [2.75, 3.05) is 10.6 Å². The minimum Gasteiger partial charge on any atom is -0.366 e. The molecule has 0 amide bonds. The number of benzene rings is 1. The lowest BCUT2D eigenvalue weighted by atomic mass is 10.2. The summed E-state index contributed by atoms with van der Waals surface area (Å²) in [5, 5.41) is 6.44. The van der Waals surface area contributed by atoms with E-state index in [0.29, 0.717) is 19.0 Å². The second-order valence-corrected chi connectivity index (χ2v) is 5.41. The highest BCUT2D eigenvalue weighted by Crippen LogP contribution is 2.12. The largest absolute Gasteiger partial charge is 0.366 e. The van der Waals surface area contributed by atoms with Gasteiger partial charge < -0.3 is 10.6 Å². The van der Waals surface area contributed by atoms with E-state index in [1.54, 1.807) is 24.5 Å². The second-order valence-electron chi connectivity index (χ2n) is 5.41. The van der Waals surface area contributed by atoms with E-state index < -0.39 is 0 Å². The van der Waals surface area contributed by atoms with Crippen LogP contribution in [0.15, 0.2) is 54.9 Å². The van der Waals surface area contributed by atoms with E-state index in [1.165, 1.54) is 12.1 Å². The molecule has 3 aromatic rings. The molecule has 0 aliphatic heterocycles. The highest BCUT2D eigenvalue weighted by molar-refractivity contribution is 5.43. The zero-order valence-corrected chi connectivity index (χ0v) is 13.3. The average Bonchev–Trinajstić information content (AvgIpc) is 2.60. The molecule has 2 aromatic heterocycles. The molecule has 2 heterocycles. The van der Waals surface area contributed by atoms with Crippen molar-refractivity contribution in [3.63, 3.8) is 0 Å². The van der Waals surface area contributed by atoms with E-state index in [9.17, 15) is 4.39 Å². The Morgan fingerprint density at radius 2 is 1.54 bits per heavy atom. The van der Waals surface area contributed by atoms with Crippen LogP contribution >= 0.6 is 0 Å². The summed E-state index contributed by atoms with van der Waals surface area (Å²) in [5.74, 6) is 1.05. The molecule has 3 rings (SSSR count). The molecule has 0 radical (unpaired) electrons. The fourth-order valence-corrected chi connectivity index (χ4v) is 2.21. The van der Waals surface area contributed by atoms with Gasteiger partial charge in [-0.25, -0.2) is 9.37 Å². The first kappa shape index (κ1) is 15.9. The van der Waals surface area contributed by atoms with E-state index in [4.69, 9.17) is 0 Å². The molecule has 122 valence electrons. The van der Waals surface area contributed by atoms with E-state index in [0.717, 1.165) is 22.6 Å². The van der Waals surface area contributed by atoms with Crippen molar-refractivity contribution < 1.29 is 4.39 Å². The van der Waals surface area contributed by atoms with Crippen molar-refractivity contribution in [3.05, 3.63) is 77.5 Å². The molecule has 6 heteroatoms. The first-order chi connectivity index (χ1) is 11.7. The van der Waals surface area contributed by atoms with Crippen LogP contribution in [0.3, 0.4) is 0 Å². The van der Waals surface area contributed by atoms with Gasteiger partial charge in [0.15, 0.2) is 0 Å². The normalized spacial score (nSPS) is 10.4. The van der Waals surface area contributed by atoms with Gasteiger partial charge in [-0.15, -0.1) is 0 Å². The number of rotatable bonds is 6. The van der Waals surface area contributed by atoms with Crippen LogP contribution in [0.4, 0.5) is 16.2 Å². The van der Waals surface area contributed by atoms with Crippen LogP contribution < -0.4 is 10.6 Å². The molecule has 0 saturated carbocycles. The van der Waals surface area contributed by atoms with Gasteiger partial charge in [-0.1, -0.05) is 12.1 Å². The summed E-state index contributed by atoms with van der Waals surface area (Å²) in [5.41, 5.74) is 2.96. The van der Waals surface area contributed by atoms with Crippen molar-refractivity contribution in [3.8, 4) is 0 Å². The SMILES string of the molecule is Cc1cc(NCc2ccc(F)cc2)nc(NCc2ccncc2)n1. The number of halogens is 1. The van der Waals surface area contributed by atoms with E-state index >= 15 is 0 Å². The molecular formula is C18H18FN5. The predicted molar refractivity (Wildman–Crippen MR) is 92.1 cm³/mol. The molecule has 0 unspecified atom stereocenters. The third-order valence-corrected chi connectivity index (χ3v) is 3.44. The van der Waals surface area contributed by atoms with Gasteiger partial charge in [0.25, 0.3) is 0 Å². The third-order valence-electron chi connectivity index (χ3n) is 3.44. The molecule has 0 saturated heterocycles. The van der Waals surface area contributed by atoms with Crippen LogP contribution in [0.25, 0.3) is 0 Å². The summed E-state index contributed by atoms with van der Waals surface area (Å²) in [6.45, 7) is 3.12. The predicted octanol–water partition coefficient (Wildman–Crippen LogP) is 3.54. The smallest absolute Gasteiger partial charge is 0.225 e. The Kier molecular flexibility index (Phi) is 4.96. The Morgan fingerprint density at radius 3 is 2.29 bits per heavy atom. The quantitative estimate of drug-likeness (QED) is 0.726. The molecule has 0 bridgehead atoms. The topological polar surface area (TPSA) is 62.7 Å². The highest BCUT2D eigenvalue weighted by Gasteiger charge is 2.03. The standard InChI is InChI=1S/C18H18FN5/c1-13-10-17(21-11-14-2-4-16(19)5-3-14)24-18(23-13)22-12-15-6-8-20-9-7-15/h2-10H,11-12H2,1H3,(H2,21,22,23,24). The lowest BCUT2D eigenvalue weighted by molar-refractivity contribution is 0.627. The van der Waals surface area contributed by atoms with Crippen molar-refractivity contribution >= 4 is 11.8 Å². The van der Waals surface area contributed by atoms with Crippen LogP contribution in [-0.2, 0) is 13.1 Å². The summed E-state index contributed by atoms with van der Waals surface area (Å²) < 4.78 is 12.9. The Balaban J connectivity index is 1.63. The summed E-state index contributed by atoms with van der Waals surface area (Å²) in [4.78, 5) is 12.8. The van der Waals surface area contributed by atoms with Gasteiger partial charge in [-0.3, -0.25) is 4.98 Å². The van der Waals surface area contributed by atoms with Gasteiger partial charge in [0.2, 0.25) is 5.95 Å². The van der Waals surface area contributed by atoms with Crippen molar-refractivity contribution in [2.45, 2.75) is 20.0 Å². The van der Waals surface area contributed by atoms with Crippen LogP contribution in [0.5, 0.6) is 0 Å². The summed E-state index contributed by atoms with van der Waals surface area (Å²) in [7, 11) is 0. The number of nitrogens with one attached hydrogen (secondary N) is 2. The monoisotopic (exact) mass is 323 g/mol. The zero-order valence-electron chi connectivity index (χ0n) is 13.3. The minimum atomic E-state index is -0.237. The fourth-order valence-electron chi connectivity index (χ4n) is 2.21. The van der Waals surface area contributed by atoms with E-state index in [-0.39, 0.29) is 5.82 Å². The summed E-state index contributed by atoms with van der Waals surface area (Å²) in [6, 6.07) is 12.2. The number of anilines is 2. The summed E-state index contributed by atoms with van der Waals surface area (Å²) in [6.07, 6.45) is 3.51. The lowest BCUT2D eigenvalue weighted by Crippen LogP contribution is -2.08. The van der Waals surface area contributed by atoms with Gasteiger partial charge in [0.1, 0.15) is 11.6 Å². The Bertz CT molecular complexity index is 790. The number of aryl methyl sites for hydroxylation is 1. The third kappa shape index (κ3) is 4.49. The Morgan fingerprint density at radius 1 is 0.875 bits per heavy atom. The molecule has 24 heavy (non-hydrogen) atoms. The molecule has 0 atom stereocenters. The first-order valence-electron chi connectivity index (χ1n) is 7.66. The maximum Gasteiger partial charge on any atom is 0.225 e. The highest BCUT2D eigenvalue weighted by atomic mass is 19.1. The molecular weight excluding hydrogens is 305 g/mol. The average molecular weight is 323 g/mol. The molecule has 0 fully saturated rings. The second kappa shape index (κ2) is 7.50. The number of hydrogen-bond donors (Lipinski definition) is 2. The van der Waals surface area contributed by atoms with Gasteiger partial charge in [0.05, 0.1) is 0 Å². The van der Waals surface area contributed by atoms with Crippen LogP contribution in [0.1, 0.15) is 16.8 Å². The maximum atomic E-state index is 12.9. The molecule has 0 spiro atoms. The van der Waals surface area contributed by atoms with E-state index in [2.05, 4.69) is 25.6 Å². The fraction of sp³-hybridized carbons (Fsp3) is 0.167. The summed E-state index contributed by atoms with van der Waals surface area (Å²) >= 11 is 0. The lowest BCUT2D eigenvalue weighted by Gasteiger charge is -2.10. The van der Waals surface area contributed by atoms with Crippen molar-refractivity contribution in [1.29, 1.82) is 0 Å². The van der Waals surface area contributed by atoms with Crippen LogP contribution in [0.2, 0.25) is 0 Å². The Labute approximate surface area is 140 Å². The number of nitrogens with zero attached hydrogens (tertiary/aromatic N) is 3. The van der Waals surface area contributed by atoms with Crippen molar-refractivity contribution in [1.82, 2.24) is 15.0 Å². The molecule has 0 aliphatic carbocycles. The van der Waals surface area contributed by atoms with Gasteiger partial charge in [0, 0.05) is 37.2 Å². The van der Waals surface area contributed by atoms with Crippen LogP contribution in [-0.4, -0.2) is 15.0 Å². The van der Waals surface area contributed by atoms with Crippen LogP contribution in [0, 0.1) is 12.7 Å². The number of aromatic nitrogens is 3. The molecule has 2 N–H and O–H groups in total.